The largest absolute Gasteiger partial charge is 0.374 e. The van der Waals surface area contributed by atoms with E-state index in [4.69, 9.17) is 4.74 Å². The van der Waals surface area contributed by atoms with Crippen molar-refractivity contribution in [1.29, 1.82) is 0 Å². The summed E-state index contributed by atoms with van der Waals surface area (Å²) >= 11 is 0. The smallest absolute Gasteiger partial charge is 0.166 e. The lowest BCUT2D eigenvalue weighted by atomic mass is 9.73. The summed E-state index contributed by atoms with van der Waals surface area (Å²) in [6.07, 6.45) is 1.93. The van der Waals surface area contributed by atoms with Crippen molar-refractivity contribution in [1.82, 2.24) is 5.32 Å². The van der Waals surface area contributed by atoms with E-state index in [1.165, 1.54) is 0 Å². The number of Topliss-reactive ketones (excluding diaryl/α,β-unsaturated/α-hetero) is 1. The Bertz CT molecular complexity index is 208. The molecule has 0 bridgehead atoms. The Morgan fingerprint density at radius 2 is 2.27 bits per heavy atom. The summed E-state index contributed by atoms with van der Waals surface area (Å²) in [5, 5.41) is 3.29. The maximum Gasteiger partial charge on any atom is 0.166 e. The summed E-state index contributed by atoms with van der Waals surface area (Å²) in [6.45, 7) is 9.06. The number of ether oxygens (including phenoxy) is 1. The van der Waals surface area contributed by atoms with Gasteiger partial charge in [0.05, 0.1) is 0 Å². The highest BCUT2D eigenvalue weighted by Gasteiger charge is 2.43. The highest BCUT2D eigenvalue weighted by molar-refractivity contribution is 5.86. The van der Waals surface area contributed by atoms with E-state index in [2.05, 4.69) is 26.1 Å². The fourth-order valence-corrected chi connectivity index (χ4v) is 2.22. The van der Waals surface area contributed by atoms with E-state index in [0.29, 0.717) is 12.5 Å². The molecule has 1 saturated heterocycles. The van der Waals surface area contributed by atoms with E-state index in [9.17, 15) is 4.79 Å². The quantitative estimate of drug-likeness (QED) is 0.681. The summed E-state index contributed by atoms with van der Waals surface area (Å²) < 4.78 is 5.35. The van der Waals surface area contributed by atoms with Crippen LogP contribution in [0.25, 0.3) is 0 Å². The zero-order chi connectivity index (χ0) is 11.3. The van der Waals surface area contributed by atoms with E-state index >= 15 is 0 Å². The molecule has 1 fully saturated rings. The predicted octanol–water partition coefficient (Wildman–Crippen LogP) is 1.62. The van der Waals surface area contributed by atoms with Gasteiger partial charge in [-0.1, -0.05) is 20.8 Å². The van der Waals surface area contributed by atoms with Crippen LogP contribution in [0.15, 0.2) is 0 Å². The second kappa shape index (κ2) is 5.61. The normalized spacial score (nSPS) is 26.1. The summed E-state index contributed by atoms with van der Waals surface area (Å²) in [7, 11) is 0. The number of carbonyl (C=O) groups is 1. The first-order valence-electron chi connectivity index (χ1n) is 5.95. The first-order chi connectivity index (χ1) is 7.13. The Labute approximate surface area is 92.6 Å². The molecular weight excluding hydrogens is 190 g/mol. The van der Waals surface area contributed by atoms with Gasteiger partial charge in [-0.3, -0.25) is 4.79 Å². The Hall–Kier alpha value is -0.410. The summed E-state index contributed by atoms with van der Waals surface area (Å²) in [6, 6.07) is 0. The van der Waals surface area contributed by atoms with Crippen LogP contribution in [0.3, 0.4) is 0 Å². The van der Waals surface area contributed by atoms with Gasteiger partial charge in [0, 0.05) is 18.6 Å². The first kappa shape index (κ1) is 12.7. The fraction of sp³-hybridized carbons (Fsp3) is 0.917. The molecule has 1 rings (SSSR count). The van der Waals surface area contributed by atoms with Gasteiger partial charge in [-0.15, -0.1) is 0 Å². The Morgan fingerprint density at radius 1 is 1.53 bits per heavy atom. The summed E-state index contributed by atoms with van der Waals surface area (Å²) in [5.41, 5.74) is -0.173. The van der Waals surface area contributed by atoms with Gasteiger partial charge < -0.3 is 10.1 Å². The zero-order valence-electron chi connectivity index (χ0n) is 10.1. The van der Waals surface area contributed by atoms with Gasteiger partial charge in [-0.05, 0) is 25.3 Å². The van der Waals surface area contributed by atoms with E-state index in [1.54, 1.807) is 0 Å². The molecule has 1 N–H and O–H groups in total. The lowest BCUT2D eigenvalue weighted by molar-refractivity contribution is -0.135. The van der Waals surface area contributed by atoms with Crippen molar-refractivity contribution >= 4 is 5.78 Å². The van der Waals surface area contributed by atoms with Crippen molar-refractivity contribution in [2.24, 2.45) is 11.3 Å². The molecule has 0 aromatic carbocycles. The number of rotatable bonds is 6. The minimum absolute atomic E-state index is 0.173. The lowest BCUT2D eigenvalue weighted by Gasteiger charge is -2.30. The van der Waals surface area contributed by atoms with Crippen molar-refractivity contribution in [3.05, 3.63) is 0 Å². The van der Waals surface area contributed by atoms with Crippen molar-refractivity contribution in [3.8, 4) is 0 Å². The molecule has 0 aromatic rings. The zero-order valence-corrected chi connectivity index (χ0v) is 10.1. The van der Waals surface area contributed by atoms with Crippen LogP contribution in [0, 0.1) is 11.3 Å². The summed E-state index contributed by atoms with van der Waals surface area (Å²) in [4.78, 5) is 12.1. The van der Waals surface area contributed by atoms with E-state index in [0.717, 1.165) is 25.9 Å². The highest BCUT2D eigenvalue weighted by atomic mass is 16.5. The minimum atomic E-state index is -0.173. The van der Waals surface area contributed by atoms with Gasteiger partial charge in [-0.25, -0.2) is 0 Å². The van der Waals surface area contributed by atoms with Crippen LogP contribution < -0.4 is 5.32 Å². The van der Waals surface area contributed by atoms with Crippen LogP contribution >= 0.6 is 0 Å². The van der Waals surface area contributed by atoms with Gasteiger partial charge in [-0.2, -0.15) is 0 Å². The van der Waals surface area contributed by atoms with Crippen LogP contribution in [0.5, 0.6) is 0 Å². The van der Waals surface area contributed by atoms with Crippen LogP contribution in [0.1, 0.15) is 33.6 Å². The Kier molecular flexibility index (Phi) is 4.74. The molecule has 0 aromatic heterocycles. The number of hydrogen-bond donors (Lipinski definition) is 1. The van der Waals surface area contributed by atoms with E-state index in [-0.39, 0.29) is 17.8 Å². The molecule has 1 aliphatic heterocycles. The molecule has 1 heterocycles. The molecule has 1 aliphatic rings. The number of nitrogens with one attached hydrogen (secondary N) is 1. The highest BCUT2D eigenvalue weighted by Crippen LogP contribution is 2.35. The summed E-state index contributed by atoms with van der Waals surface area (Å²) in [5.74, 6) is 0.668. The maximum absolute atomic E-state index is 12.1. The minimum Gasteiger partial charge on any atom is -0.374 e. The Morgan fingerprint density at radius 3 is 2.73 bits per heavy atom. The molecule has 3 nitrogen and oxygen atoms in total. The maximum atomic E-state index is 12.1. The van der Waals surface area contributed by atoms with Gasteiger partial charge in [0.15, 0.2) is 5.78 Å². The third kappa shape index (κ3) is 2.79. The molecule has 0 radical (unpaired) electrons. The van der Waals surface area contributed by atoms with E-state index in [1.807, 2.05) is 0 Å². The molecule has 0 spiro atoms. The average molecular weight is 213 g/mol. The standard InChI is InChI=1S/C12H23NO2/c1-4-7-15-8-11(14)12(10(2)3)5-6-13-9-12/h10,13H,4-9H2,1-3H3. The van der Waals surface area contributed by atoms with Crippen LogP contribution in [0.4, 0.5) is 0 Å². The SMILES string of the molecule is CCCOCC(=O)C1(C(C)C)CCNC1. The van der Waals surface area contributed by atoms with Crippen molar-refractivity contribution in [2.45, 2.75) is 33.6 Å². The molecule has 15 heavy (non-hydrogen) atoms. The molecule has 1 atom stereocenters. The van der Waals surface area contributed by atoms with Crippen LogP contribution in [0.2, 0.25) is 0 Å². The number of hydrogen-bond acceptors (Lipinski definition) is 3. The second-order valence-corrected chi connectivity index (χ2v) is 4.71. The van der Waals surface area contributed by atoms with Gasteiger partial charge in [0.2, 0.25) is 0 Å². The van der Waals surface area contributed by atoms with Gasteiger partial charge in [0.25, 0.3) is 0 Å². The topological polar surface area (TPSA) is 38.3 Å². The molecular formula is C12H23NO2. The van der Waals surface area contributed by atoms with Crippen LogP contribution in [-0.4, -0.2) is 32.1 Å². The lowest BCUT2D eigenvalue weighted by Crippen LogP contribution is -2.40. The number of carbonyl (C=O) groups excluding carboxylic acids is 1. The first-order valence-corrected chi connectivity index (χ1v) is 5.95. The van der Waals surface area contributed by atoms with Crippen molar-refractivity contribution < 1.29 is 9.53 Å². The molecule has 3 heteroatoms. The molecule has 0 saturated carbocycles. The second-order valence-electron chi connectivity index (χ2n) is 4.71. The van der Waals surface area contributed by atoms with Crippen molar-refractivity contribution in [2.75, 3.05) is 26.3 Å². The van der Waals surface area contributed by atoms with Gasteiger partial charge >= 0.3 is 0 Å². The average Bonchev–Trinajstić information content (AvgIpc) is 2.67. The predicted molar refractivity (Wildman–Crippen MR) is 60.9 cm³/mol. The van der Waals surface area contributed by atoms with E-state index < -0.39 is 0 Å². The Balaban J connectivity index is 2.52. The number of ketones is 1. The molecule has 0 aliphatic carbocycles. The van der Waals surface area contributed by atoms with Gasteiger partial charge in [0.1, 0.15) is 6.61 Å². The molecule has 1 unspecified atom stereocenters. The van der Waals surface area contributed by atoms with Crippen molar-refractivity contribution in [3.63, 3.8) is 0 Å². The monoisotopic (exact) mass is 213 g/mol. The molecule has 0 amide bonds. The third-order valence-electron chi connectivity index (χ3n) is 3.43. The van der Waals surface area contributed by atoms with Crippen LogP contribution in [-0.2, 0) is 9.53 Å². The fourth-order valence-electron chi connectivity index (χ4n) is 2.22. The molecule has 88 valence electrons. The third-order valence-corrected chi connectivity index (χ3v) is 3.43.